The van der Waals surface area contributed by atoms with Gasteiger partial charge in [0.25, 0.3) is 5.91 Å². The molecule has 0 aromatic heterocycles. The maximum Gasteiger partial charge on any atom is 0.253 e. The van der Waals surface area contributed by atoms with E-state index in [1.54, 1.807) is 18.0 Å². The van der Waals surface area contributed by atoms with Crippen LogP contribution in [-0.2, 0) is 11.2 Å². The third-order valence-electron chi connectivity index (χ3n) is 5.11. The Hall–Kier alpha value is -2.73. The van der Waals surface area contributed by atoms with Gasteiger partial charge in [-0.25, -0.2) is 0 Å². The molecule has 6 heteroatoms. The molecule has 31 heavy (non-hydrogen) atoms. The number of nitrogens with one attached hydrogen (secondary N) is 2. The fraction of sp³-hybridized carbons (Fsp3) is 0.400. The molecule has 0 aliphatic carbocycles. The summed E-state index contributed by atoms with van der Waals surface area (Å²) in [5.41, 5.74) is 2.36. The van der Waals surface area contributed by atoms with Crippen molar-refractivity contribution in [2.24, 2.45) is 0 Å². The second-order valence-corrected chi connectivity index (χ2v) is 7.97. The van der Waals surface area contributed by atoms with E-state index in [1.165, 1.54) is 18.4 Å². The van der Waals surface area contributed by atoms with Crippen LogP contribution >= 0.6 is 12.2 Å². The molecule has 0 fully saturated rings. The summed E-state index contributed by atoms with van der Waals surface area (Å²) in [6.45, 7) is 2.71. The Kier molecular flexibility index (Phi) is 10.7. The highest BCUT2D eigenvalue weighted by atomic mass is 32.1. The first-order valence-electron chi connectivity index (χ1n) is 11.0. The molecule has 0 bridgehead atoms. The topological polar surface area (TPSA) is 61.4 Å². The zero-order valence-corrected chi connectivity index (χ0v) is 19.3. The van der Waals surface area contributed by atoms with Crippen LogP contribution in [-0.4, -0.2) is 30.5 Å². The summed E-state index contributed by atoms with van der Waals surface area (Å²) in [5.74, 6) is -0.249. The summed E-state index contributed by atoms with van der Waals surface area (Å²) in [7, 11) is 1.76. The van der Waals surface area contributed by atoms with Gasteiger partial charge in [0, 0.05) is 20.0 Å². The number of carbonyl (C=O) groups excluding carboxylic acids is 2. The summed E-state index contributed by atoms with van der Waals surface area (Å²) in [5, 5.41) is 6.05. The lowest BCUT2D eigenvalue weighted by Gasteiger charge is -2.23. The molecular weight excluding hydrogens is 406 g/mol. The Morgan fingerprint density at radius 3 is 2.35 bits per heavy atom. The molecule has 0 aliphatic heterocycles. The highest BCUT2D eigenvalue weighted by molar-refractivity contribution is 7.80. The van der Waals surface area contributed by atoms with Crippen LogP contribution in [0.4, 0.5) is 5.69 Å². The van der Waals surface area contributed by atoms with Crippen LogP contribution in [0.1, 0.15) is 61.4 Å². The van der Waals surface area contributed by atoms with Gasteiger partial charge in [0.05, 0.1) is 11.3 Å². The van der Waals surface area contributed by atoms with Crippen molar-refractivity contribution in [1.82, 2.24) is 10.6 Å². The zero-order chi connectivity index (χ0) is 22.5. The Balaban J connectivity index is 1.89. The van der Waals surface area contributed by atoms with Gasteiger partial charge in [-0.1, -0.05) is 75.1 Å². The van der Waals surface area contributed by atoms with Crippen molar-refractivity contribution in [3.8, 4) is 0 Å². The number of thiocarbonyl (C=S) groups is 1. The van der Waals surface area contributed by atoms with Gasteiger partial charge in [0.15, 0.2) is 5.11 Å². The molecule has 2 rings (SSSR count). The fourth-order valence-corrected chi connectivity index (χ4v) is 3.49. The van der Waals surface area contributed by atoms with Crippen LogP contribution in [0.5, 0.6) is 0 Å². The van der Waals surface area contributed by atoms with Gasteiger partial charge in [-0.15, -0.1) is 0 Å². The standard InChI is InChI=1S/C25H33N3O2S/c1-3-4-5-6-10-17-23(29)27-25(31)28(2)22-16-12-11-15-21(22)24(30)26-19-18-20-13-8-7-9-14-20/h7-9,11-16H,3-6,10,17-19H2,1-2H3,(H,26,30)(H,27,29,31). The Morgan fingerprint density at radius 2 is 1.61 bits per heavy atom. The number of para-hydroxylation sites is 1. The van der Waals surface area contributed by atoms with E-state index in [9.17, 15) is 9.59 Å². The third kappa shape index (κ3) is 8.50. The molecule has 2 aromatic carbocycles. The zero-order valence-electron chi connectivity index (χ0n) is 18.5. The van der Waals surface area contributed by atoms with Gasteiger partial charge >= 0.3 is 0 Å². The van der Waals surface area contributed by atoms with Crippen molar-refractivity contribution < 1.29 is 9.59 Å². The lowest BCUT2D eigenvalue weighted by molar-refractivity contribution is -0.119. The summed E-state index contributed by atoms with van der Waals surface area (Å²) >= 11 is 5.42. The predicted molar refractivity (Wildman–Crippen MR) is 131 cm³/mol. The second kappa shape index (κ2) is 13.5. The van der Waals surface area contributed by atoms with Crippen molar-refractivity contribution in [1.29, 1.82) is 0 Å². The minimum atomic E-state index is -0.163. The normalized spacial score (nSPS) is 10.4. The van der Waals surface area contributed by atoms with E-state index in [0.29, 0.717) is 29.3 Å². The van der Waals surface area contributed by atoms with E-state index in [0.717, 1.165) is 25.7 Å². The molecule has 5 nitrogen and oxygen atoms in total. The number of unbranched alkanes of at least 4 members (excludes halogenated alkanes) is 4. The highest BCUT2D eigenvalue weighted by Crippen LogP contribution is 2.19. The first-order valence-corrected chi connectivity index (χ1v) is 11.4. The van der Waals surface area contributed by atoms with Crippen molar-refractivity contribution in [2.45, 2.75) is 51.9 Å². The summed E-state index contributed by atoms with van der Waals surface area (Å²) in [6, 6.07) is 17.3. The average molecular weight is 440 g/mol. The maximum absolute atomic E-state index is 12.8. The predicted octanol–water partition coefficient (Wildman–Crippen LogP) is 4.86. The van der Waals surface area contributed by atoms with Gasteiger partial charge in [-0.3, -0.25) is 9.59 Å². The van der Waals surface area contributed by atoms with E-state index >= 15 is 0 Å². The fourth-order valence-electron chi connectivity index (χ4n) is 3.28. The molecule has 2 amide bonds. The number of carbonyl (C=O) groups is 2. The van der Waals surface area contributed by atoms with Gasteiger partial charge in [0.2, 0.25) is 5.91 Å². The molecular formula is C25H33N3O2S. The van der Waals surface area contributed by atoms with E-state index in [-0.39, 0.29) is 11.8 Å². The second-order valence-electron chi connectivity index (χ2n) is 7.59. The van der Waals surface area contributed by atoms with Crippen LogP contribution in [0, 0.1) is 0 Å². The minimum Gasteiger partial charge on any atom is -0.352 e. The number of hydrogen-bond acceptors (Lipinski definition) is 3. The Bertz CT molecular complexity index is 855. The quantitative estimate of drug-likeness (QED) is 0.388. The molecule has 0 aliphatic rings. The van der Waals surface area contributed by atoms with Crippen molar-refractivity contribution in [3.05, 3.63) is 65.7 Å². The molecule has 0 heterocycles. The number of benzene rings is 2. The highest BCUT2D eigenvalue weighted by Gasteiger charge is 2.17. The van der Waals surface area contributed by atoms with E-state index in [1.807, 2.05) is 48.5 Å². The summed E-state index contributed by atoms with van der Waals surface area (Å²) in [6.07, 6.45) is 6.67. The lowest BCUT2D eigenvalue weighted by atomic mass is 10.1. The monoisotopic (exact) mass is 439 g/mol. The SMILES string of the molecule is CCCCCCCC(=O)NC(=S)N(C)c1ccccc1C(=O)NCCc1ccccc1. The van der Waals surface area contributed by atoms with Crippen LogP contribution in [0.2, 0.25) is 0 Å². The van der Waals surface area contributed by atoms with Gasteiger partial charge in [0.1, 0.15) is 0 Å². The molecule has 0 spiro atoms. The molecule has 0 radical (unpaired) electrons. The molecule has 2 aromatic rings. The van der Waals surface area contributed by atoms with E-state index in [4.69, 9.17) is 12.2 Å². The first kappa shape index (κ1) is 24.5. The van der Waals surface area contributed by atoms with Gasteiger partial charge < -0.3 is 15.5 Å². The average Bonchev–Trinajstić information content (AvgIpc) is 2.79. The van der Waals surface area contributed by atoms with Crippen LogP contribution in [0.25, 0.3) is 0 Å². The number of rotatable bonds is 11. The third-order valence-corrected chi connectivity index (χ3v) is 5.49. The minimum absolute atomic E-state index is 0.0851. The molecule has 2 N–H and O–H groups in total. The van der Waals surface area contributed by atoms with Crippen LogP contribution in [0.15, 0.2) is 54.6 Å². The van der Waals surface area contributed by atoms with Crippen LogP contribution in [0.3, 0.4) is 0 Å². The van der Waals surface area contributed by atoms with Gasteiger partial charge in [-0.05, 0) is 42.8 Å². The molecule has 0 unspecified atom stereocenters. The number of anilines is 1. The smallest absolute Gasteiger partial charge is 0.253 e. The van der Waals surface area contributed by atoms with Crippen LogP contribution < -0.4 is 15.5 Å². The van der Waals surface area contributed by atoms with E-state index in [2.05, 4.69) is 17.6 Å². The summed E-state index contributed by atoms with van der Waals surface area (Å²) < 4.78 is 0. The Morgan fingerprint density at radius 1 is 0.935 bits per heavy atom. The van der Waals surface area contributed by atoms with Crippen molar-refractivity contribution >= 4 is 34.8 Å². The molecule has 0 saturated carbocycles. The van der Waals surface area contributed by atoms with E-state index < -0.39 is 0 Å². The molecule has 166 valence electrons. The van der Waals surface area contributed by atoms with Crippen molar-refractivity contribution in [2.75, 3.05) is 18.5 Å². The number of nitrogens with zero attached hydrogens (tertiary/aromatic N) is 1. The summed E-state index contributed by atoms with van der Waals surface area (Å²) in [4.78, 5) is 26.7. The first-order chi connectivity index (χ1) is 15.0. The Labute approximate surface area is 191 Å². The van der Waals surface area contributed by atoms with Gasteiger partial charge in [-0.2, -0.15) is 0 Å². The maximum atomic E-state index is 12.8. The number of hydrogen-bond donors (Lipinski definition) is 2. The molecule has 0 saturated heterocycles. The lowest BCUT2D eigenvalue weighted by Crippen LogP contribution is -2.41. The largest absolute Gasteiger partial charge is 0.352 e. The number of amides is 2. The molecule has 0 atom stereocenters. The van der Waals surface area contributed by atoms with Crippen molar-refractivity contribution in [3.63, 3.8) is 0 Å².